The van der Waals surface area contributed by atoms with Crippen molar-refractivity contribution in [1.82, 2.24) is 25.1 Å². The van der Waals surface area contributed by atoms with Crippen LogP contribution in [0.3, 0.4) is 0 Å². The van der Waals surface area contributed by atoms with Gasteiger partial charge in [-0.05, 0) is 26.0 Å². The fourth-order valence-electron chi connectivity index (χ4n) is 2.19. The highest BCUT2D eigenvalue weighted by atomic mass is 32.1. The first-order valence-electron chi connectivity index (χ1n) is 7.42. The molecule has 8 heteroatoms. The number of benzene rings is 1. The number of halogens is 1. The van der Waals surface area contributed by atoms with E-state index in [1.54, 1.807) is 29.2 Å². The van der Waals surface area contributed by atoms with Gasteiger partial charge in [0, 0.05) is 11.6 Å². The number of nitrogens with zero attached hydrogens (tertiary/aromatic N) is 4. The Hall–Kier alpha value is -2.61. The SMILES string of the molecule is C[C@H]([C@@H](C)NC(=O)c1cnc(-c2ccccc2F)s1)n1cncn1. The van der Waals surface area contributed by atoms with Gasteiger partial charge in [0.1, 0.15) is 28.4 Å². The van der Waals surface area contributed by atoms with Crippen LogP contribution in [0.2, 0.25) is 0 Å². The van der Waals surface area contributed by atoms with Crippen molar-refractivity contribution in [3.8, 4) is 10.6 Å². The van der Waals surface area contributed by atoms with Gasteiger partial charge in [0.15, 0.2) is 0 Å². The lowest BCUT2D eigenvalue weighted by Crippen LogP contribution is -2.38. The fourth-order valence-corrected chi connectivity index (χ4v) is 3.04. The lowest BCUT2D eigenvalue weighted by atomic mass is 10.2. The number of thiazole rings is 1. The average molecular weight is 345 g/mol. The second-order valence-corrected chi connectivity index (χ2v) is 6.42. The molecule has 0 aliphatic heterocycles. The van der Waals surface area contributed by atoms with E-state index in [0.717, 1.165) is 11.3 Å². The first-order valence-corrected chi connectivity index (χ1v) is 8.23. The third-order valence-electron chi connectivity index (χ3n) is 3.77. The molecule has 0 saturated carbocycles. The Bertz CT molecular complexity index is 833. The molecule has 2 aromatic heterocycles. The standard InChI is InChI=1S/C16H16FN5OS/c1-10(11(2)22-9-18-8-20-22)21-15(23)14-7-19-16(24-14)12-5-3-4-6-13(12)17/h3-11H,1-2H3,(H,21,23)/t10-,11-/m1/s1. The number of rotatable bonds is 5. The molecule has 1 N–H and O–H groups in total. The van der Waals surface area contributed by atoms with E-state index in [9.17, 15) is 9.18 Å². The number of amides is 1. The Morgan fingerprint density at radius 1 is 1.33 bits per heavy atom. The summed E-state index contributed by atoms with van der Waals surface area (Å²) in [5.41, 5.74) is 0.394. The molecule has 1 amide bonds. The minimum absolute atomic E-state index is 0.0459. The van der Waals surface area contributed by atoms with Gasteiger partial charge in [-0.1, -0.05) is 12.1 Å². The van der Waals surface area contributed by atoms with Crippen molar-refractivity contribution in [1.29, 1.82) is 0 Å². The van der Waals surface area contributed by atoms with Crippen molar-refractivity contribution < 1.29 is 9.18 Å². The summed E-state index contributed by atoms with van der Waals surface area (Å²) in [6.07, 6.45) is 4.53. The second kappa shape index (κ2) is 6.88. The van der Waals surface area contributed by atoms with Crippen LogP contribution in [0, 0.1) is 5.82 Å². The molecule has 0 bridgehead atoms. The molecule has 6 nitrogen and oxygen atoms in total. The van der Waals surface area contributed by atoms with Crippen molar-refractivity contribution in [2.75, 3.05) is 0 Å². The predicted molar refractivity (Wildman–Crippen MR) is 89.2 cm³/mol. The van der Waals surface area contributed by atoms with E-state index in [2.05, 4.69) is 20.4 Å². The van der Waals surface area contributed by atoms with Crippen LogP contribution in [-0.2, 0) is 0 Å². The molecular formula is C16H16FN5OS. The molecule has 0 radical (unpaired) electrons. The summed E-state index contributed by atoms with van der Waals surface area (Å²) in [5.74, 6) is -0.596. The van der Waals surface area contributed by atoms with Crippen LogP contribution in [-0.4, -0.2) is 31.7 Å². The average Bonchev–Trinajstić information content (AvgIpc) is 3.26. The van der Waals surface area contributed by atoms with Crippen LogP contribution in [0.5, 0.6) is 0 Å². The zero-order valence-corrected chi connectivity index (χ0v) is 14.0. The van der Waals surface area contributed by atoms with E-state index in [1.807, 2.05) is 13.8 Å². The van der Waals surface area contributed by atoms with E-state index in [4.69, 9.17) is 0 Å². The molecule has 0 aliphatic carbocycles. The Labute approximate surface area is 142 Å². The van der Waals surface area contributed by atoms with E-state index in [-0.39, 0.29) is 23.8 Å². The van der Waals surface area contributed by atoms with Crippen LogP contribution in [0.15, 0.2) is 43.1 Å². The lowest BCUT2D eigenvalue weighted by Gasteiger charge is -2.20. The summed E-state index contributed by atoms with van der Waals surface area (Å²) < 4.78 is 15.5. The summed E-state index contributed by atoms with van der Waals surface area (Å²) in [4.78, 5) is 20.9. The highest BCUT2D eigenvalue weighted by Gasteiger charge is 2.20. The van der Waals surface area contributed by atoms with Crippen LogP contribution in [0.25, 0.3) is 10.6 Å². The molecule has 0 aliphatic rings. The van der Waals surface area contributed by atoms with Gasteiger partial charge >= 0.3 is 0 Å². The zero-order valence-electron chi connectivity index (χ0n) is 13.2. The first kappa shape index (κ1) is 16.3. The molecular weight excluding hydrogens is 329 g/mol. The zero-order chi connectivity index (χ0) is 17.1. The summed E-state index contributed by atoms with van der Waals surface area (Å²) in [5, 5.41) is 7.47. The van der Waals surface area contributed by atoms with E-state index >= 15 is 0 Å². The van der Waals surface area contributed by atoms with E-state index < -0.39 is 0 Å². The maximum absolute atomic E-state index is 13.8. The van der Waals surface area contributed by atoms with Gasteiger partial charge in [0.25, 0.3) is 5.91 Å². The number of hydrogen-bond donors (Lipinski definition) is 1. The highest BCUT2D eigenvalue weighted by Crippen LogP contribution is 2.27. The molecule has 124 valence electrons. The van der Waals surface area contributed by atoms with Crippen molar-refractivity contribution in [3.05, 3.63) is 53.8 Å². The Morgan fingerprint density at radius 2 is 2.12 bits per heavy atom. The van der Waals surface area contributed by atoms with Crippen molar-refractivity contribution in [3.63, 3.8) is 0 Å². The van der Waals surface area contributed by atoms with Crippen molar-refractivity contribution >= 4 is 17.2 Å². The maximum Gasteiger partial charge on any atom is 0.263 e. The highest BCUT2D eigenvalue weighted by molar-refractivity contribution is 7.16. The number of nitrogens with one attached hydrogen (secondary N) is 1. The van der Waals surface area contributed by atoms with Gasteiger partial charge in [0.05, 0.1) is 12.2 Å². The lowest BCUT2D eigenvalue weighted by molar-refractivity contribution is 0.0932. The summed E-state index contributed by atoms with van der Waals surface area (Å²) in [6.45, 7) is 3.83. The topological polar surface area (TPSA) is 72.7 Å². The van der Waals surface area contributed by atoms with E-state index in [1.165, 1.54) is 18.6 Å². The molecule has 24 heavy (non-hydrogen) atoms. The predicted octanol–water partition coefficient (Wildman–Crippen LogP) is 2.92. The number of carbonyl (C=O) groups is 1. The minimum Gasteiger partial charge on any atom is -0.347 e. The molecule has 3 aromatic rings. The smallest absolute Gasteiger partial charge is 0.263 e. The quantitative estimate of drug-likeness (QED) is 0.772. The summed E-state index contributed by atoms with van der Waals surface area (Å²) in [6, 6.07) is 6.17. The molecule has 0 spiro atoms. The van der Waals surface area contributed by atoms with Gasteiger partial charge in [0.2, 0.25) is 0 Å². The van der Waals surface area contributed by atoms with Gasteiger partial charge in [-0.3, -0.25) is 4.79 Å². The molecule has 3 rings (SSSR count). The number of carbonyl (C=O) groups excluding carboxylic acids is 1. The third kappa shape index (κ3) is 3.33. The summed E-state index contributed by atoms with van der Waals surface area (Å²) >= 11 is 1.16. The normalized spacial score (nSPS) is 13.5. The third-order valence-corrected chi connectivity index (χ3v) is 4.80. The number of hydrogen-bond acceptors (Lipinski definition) is 5. The van der Waals surface area contributed by atoms with Crippen LogP contribution in [0.1, 0.15) is 29.6 Å². The molecule has 0 fully saturated rings. The Morgan fingerprint density at radius 3 is 2.83 bits per heavy atom. The molecule has 1 aromatic carbocycles. The molecule has 0 unspecified atom stereocenters. The Balaban J connectivity index is 1.71. The molecule has 0 saturated heterocycles. The van der Waals surface area contributed by atoms with Gasteiger partial charge in [-0.25, -0.2) is 19.0 Å². The van der Waals surface area contributed by atoms with Gasteiger partial charge < -0.3 is 5.32 Å². The van der Waals surface area contributed by atoms with Crippen LogP contribution < -0.4 is 5.32 Å². The van der Waals surface area contributed by atoms with Gasteiger partial charge in [-0.2, -0.15) is 5.10 Å². The minimum atomic E-state index is -0.355. The number of aromatic nitrogens is 4. The maximum atomic E-state index is 13.8. The second-order valence-electron chi connectivity index (χ2n) is 5.39. The summed E-state index contributed by atoms with van der Waals surface area (Å²) in [7, 11) is 0. The Kier molecular flexibility index (Phi) is 4.66. The molecule has 2 atom stereocenters. The van der Waals surface area contributed by atoms with Crippen LogP contribution >= 0.6 is 11.3 Å². The molecule has 2 heterocycles. The fraction of sp³-hybridized carbons (Fsp3) is 0.250. The van der Waals surface area contributed by atoms with E-state index in [0.29, 0.717) is 15.4 Å². The largest absolute Gasteiger partial charge is 0.347 e. The monoisotopic (exact) mass is 345 g/mol. The van der Waals surface area contributed by atoms with Crippen molar-refractivity contribution in [2.24, 2.45) is 0 Å². The first-order chi connectivity index (χ1) is 11.6. The van der Waals surface area contributed by atoms with Gasteiger partial charge in [-0.15, -0.1) is 11.3 Å². The van der Waals surface area contributed by atoms with Crippen molar-refractivity contribution in [2.45, 2.75) is 25.9 Å². The van der Waals surface area contributed by atoms with Crippen LogP contribution in [0.4, 0.5) is 4.39 Å².